The van der Waals surface area contributed by atoms with Gasteiger partial charge in [0.25, 0.3) is 0 Å². The lowest BCUT2D eigenvalue weighted by Gasteiger charge is -2.21. The zero-order valence-electron chi connectivity index (χ0n) is 11.7. The SMILES string of the molecule is CCCCc1ccc(NC(=O)C2CCNCC2)cc1. The zero-order valence-corrected chi connectivity index (χ0v) is 11.7. The molecule has 1 fully saturated rings. The van der Waals surface area contributed by atoms with Crippen molar-refractivity contribution in [1.29, 1.82) is 0 Å². The quantitative estimate of drug-likeness (QED) is 0.854. The molecule has 0 unspecified atom stereocenters. The summed E-state index contributed by atoms with van der Waals surface area (Å²) in [6.45, 7) is 4.11. The van der Waals surface area contributed by atoms with Crippen LogP contribution in [0.1, 0.15) is 38.2 Å². The van der Waals surface area contributed by atoms with Gasteiger partial charge in [-0.05, 0) is 56.5 Å². The molecule has 2 rings (SSSR count). The highest BCUT2D eigenvalue weighted by Gasteiger charge is 2.20. The van der Waals surface area contributed by atoms with Crippen LogP contribution < -0.4 is 10.6 Å². The number of benzene rings is 1. The molecule has 3 heteroatoms. The number of carbonyl (C=O) groups excluding carboxylic acids is 1. The van der Waals surface area contributed by atoms with Crippen LogP contribution in [0.2, 0.25) is 0 Å². The number of carbonyl (C=O) groups is 1. The van der Waals surface area contributed by atoms with Crippen LogP contribution in [0.15, 0.2) is 24.3 Å². The van der Waals surface area contributed by atoms with Crippen molar-refractivity contribution in [1.82, 2.24) is 5.32 Å². The Morgan fingerprint density at radius 3 is 2.58 bits per heavy atom. The molecular weight excluding hydrogens is 236 g/mol. The van der Waals surface area contributed by atoms with Gasteiger partial charge in [-0.3, -0.25) is 4.79 Å². The molecule has 0 atom stereocenters. The van der Waals surface area contributed by atoms with Gasteiger partial charge < -0.3 is 10.6 Å². The van der Waals surface area contributed by atoms with E-state index in [0.717, 1.165) is 38.0 Å². The van der Waals surface area contributed by atoms with Crippen molar-refractivity contribution in [3.8, 4) is 0 Å². The third-order valence-corrected chi connectivity index (χ3v) is 3.75. The van der Waals surface area contributed by atoms with Gasteiger partial charge in [0.05, 0.1) is 0 Å². The number of piperidine rings is 1. The van der Waals surface area contributed by atoms with Crippen molar-refractivity contribution in [2.24, 2.45) is 5.92 Å². The normalized spacial score (nSPS) is 16.3. The molecule has 0 aliphatic carbocycles. The van der Waals surface area contributed by atoms with Crippen LogP contribution in [0.3, 0.4) is 0 Å². The number of anilines is 1. The minimum Gasteiger partial charge on any atom is -0.326 e. The Bertz CT molecular complexity index is 394. The smallest absolute Gasteiger partial charge is 0.227 e. The lowest BCUT2D eigenvalue weighted by atomic mass is 9.97. The maximum atomic E-state index is 12.1. The van der Waals surface area contributed by atoms with E-state index in [-0.39, 0.29) is 11.8 Å². The van der Waals surface area contributed by atoms with Crippen molar-refractivity contribution in [2.75, 3.05) is 18.4 Å². The molecule has 0 spiro atoms. The fourth-order valence-corrected chi connectivity index (χ4v) is 2.46. The van der Waals surface area contributed by atoms with Crippen molar-refractivity contribution in [3.63, 3.8) is 0 Å². The summed E-state index contributed by atoms with van der Waals surface area (Å²) in [7, 11) is 0. The minimum atomic E-state index is 0.168. The molecule has 0 saturated carbocycles. The van der Waals surface area contributed by atoms with Crippen molar-refractivity contribution in [2.45, 2.75) is 39.0 Å². The van der Waals surface area contributed by atoms with Gasteiger partial charge in [-0.15, -0.1) is 0 Å². The third kappa shape index (κ3) is 4.35. The number of hydrogen-bond acceptors (Lipinski definition) is 2. The van der Waals surface area contributed by atoms with Crippen LogP contribution in [0.5, 0.6) is 0 Å². The van der Waals surface area contributed by atoms with Crippen LogP contribution in [0.4, 0.5) is 5.69 Å². The van der Waals surface area contributed by atoms with Crippen molar-refractivity contribution < 1.29 is 4.79 Å². The second-order valence-electron chi connectivity index (χ2n) is 5.31. The first kappa shape index (κ1) is 14.1. The number of nitrogens with one attached hydrogen (secondary N) is 2. The first-order chi connectivity index (χ1) is 9.29. The van der Waals surface area contributed by atoms with Crippen LogP contribution in [0, 0.1) is 5.92 Å². The zero-order chi connectivity index (χ0) is 13.5. The molecule has 1 saturated heterocycles. The van der Waals surface area contributed by atoms with Crippen molar-refractivity contribution >= 4 is 11.6 Å². The molecule has 3 nitrogen and oxygen atoms in total. The van der Waals surface area contributed by atoms with E-state index < -0.39 is 0 Å². The fourth-order valence-electron chi connectivity index (χ4n) is 2.46. The van der Waals surface area contributed by atoms with Crippen molar-refractivity contribution in [3.05, 3.63) is 29.8 Å². The summed E-state index contributed by atoms with van der Waals surface area (Å²) >= 11 is 0. The summed E-state index contributed by atoms with van der Waals surface area (Å²) in [6, 6.07) is 8.27. The van der Waals surface area contributed by atoms with Crippen LogP contribution >= 0.6 is 0 Å². The van der Waals surface area contributed by atoms with E-state index in [4.69, 9.17) is 0 Å². The first-order valence-electron chi connectivity index (χ1n) is 7.40. The highest BCUT2D eigenvalue weighted by molar-refractivity contribution is 5.92. The largest absolute Gasteiger partial charge is 0.326 e. The Balaban J connectivity index is 1.86. The Labute approximate surface area is 115 Å². The van der Waals surface area contributed by atoms with Crippen LogP contribution in [-0.2, 0) is 11.2 Å². The fraction of sp³-hybridized carbons (Fsp3) is 0.562. The lowest BCUT2D eigenvalue weighted by molar-refractivity contribution is -0.120. The molecular formula is C16H24N2O. The summed E-state index contributed by atoms with van der Waals surface area (Å²) in [6.07, 6.45) is 5.45. The number of hydrogen-bond donors (Lipinski definition) is 2. The Kier molecular flexibility index (Phi) is 5.40. The lowest BCUT2D eigenvalue weighted by Crippen LogP contribution is -2.34. The van der Waals surface area contributed by atoms with E-state index in [1.807, 2.05) is 12.1 Å². The second-order valence-corrected chi connectivity index (χ2v) is 5.31. The molecule has 1 heterocycles. The Morgan fingerprint density at radius 2 is 1.95 bits per heavy atom. The van der Waals surface area contributed by atoms with E-state index in [1.165, 1.54) is 18.4 Å². The van der Waals surface area contributed by atoms with Gasteiger partial charge in [-0.25, -0.2) is 0 Å². The Morgan fingerprint density at radius 1 is 1.26 bits per heavy atom. The number of amides is 1. The van der Waals surface area contributed by atoms with Gasteiger partial charge in [0.1, 0.15) is 0 Å². The maximum absolute atomic E-state index is 12.1. The Hall–Kier alpha value is -1.35. The molecule has 1 aromatic rings. The van der Waals surface area contributed by atoms with Gasteiger partial charge in [0, 0.05) is 11.6 Å². The molecule has 2 N–H and O–H groups in total. The number of unbranched alkanes of at least 4 members (excludes halogenated alkanes) is 1. The summed E-state index contributed by atoms with van der Waals surface area (Å²) in [5.41, 5.74) is 2.27. The van der Waals surface area contributed by atoms with E-state index in [0.29, 0.717) is 0 Å². The molecule has 0 radical (unpaired) electrons. The van der Waals surface area contributed by atoms with Crippen LogP contribution in [0.25, 0.3) is 0 Å². The van der Waals surface area contributed by atoms with Gasteiger partial charge in [0.15, 0.2) is 0 Å². The van der Waals surface area contributed by atoms with E-state index in [1.54, 1.807) is 0 Å². The van der Waals surface area contributed by atoms with Gasteiger partial charge in [-0.2, -0.15) is 0 Å². The average Bonchev–Trinajstić information content (AvgIpc) is 2.47. The topological polar surface area (TPSA) is 41.1 Å². The molecule has 19 heavy (non-hydrogen) atoms. The molecule has 1 amide bonds. The molecule has 1 aromatic carbocycles. The molecule has 0 bridgehead atoms. The minimum absolute atomic E-state index is 0.168. The van der Waals surface area contributed by atoms with E-state index in [2.05, 4.69) is 29.7 Å². The molecule has 0 aromatic heterocycles. The monoisotopic (exact) mass is 260 g/mol. The molecule has 104 valence electrons. The number of aryl methyl sites for hydroxylation is 1. The highest BCUT2D eigenvalue weighted by Crippen LogP contribution is 2.16. The standard InChI is InChI=1S/C16H24N2O/c1-2-3-4-13-5-7-15(8-6-13)18-16(19)14-9-11-17-12-10-14/h5-8,14,17H,2-4,9-12H2,1H3,(H,18,19). The van der Waals surface area contributed by atoms with E-state index in [9.17, 15) is 4.79 Å². The molecule has 1 aliphatic heterocycles. The summed E-state index contributed by atoms with van der Waals surface area (Å²) in [5, 5.41) is 6.31. The van der Waals surface area contributed by atoms with Gasteiger partial charge in [-0.1, -0.05) is 25.5 Å². The third-order valence-electron chi connectivity index (χ3n) is 3.75. The van der Waals surface area contributed by atoms with Crippen LogP contribution in [-0.4, -0.2) is 19.0 Å². The summed E-state index contributed by atoms with van der Waals surface area (Å²) < 4.78 is 0. The van der Waals surface area contributed by atoms with E-state index >= 15 is 0 Å². The molecule has 1 aliphatic rings. The number of rotatable bonds is 5. The predicted molar refractivity (Wildman–Crippen MR) is 79.3 cm³/mol. The predicted octanol–water partition coefficient (Wildman–Crippen LogP) is 2.97. The maximum Gasteiger partial charge on any atom is 0.227 e. The first-order valence-corrected chi connectivity index (χ1v) is 7.40. The average molecular weight is 260 g/mol. The second kappa shape index (κ2) is 7.29. The summed E-state index contributed by atoms with van der Waals surface area (Å²) in [5.74, 6) is 0.337. The highest BCUT2D eigenvalue weighted by atomic mass is 16.1. The van der Waals surface area contributed by atoms with Gasteiger partial charge >= 0.3 is 0 Å². The van der Waals surface area contributed by atoms with Gasteiger partial charge in [0.2, 0.25) is 5.91 Å². The summed E-state index contributed by atoms with van der Waals surface area (Å²) in [4.78, 5) is 12.1.